The van der Waals surface area contributed by atoms with Crippen molar-refractivity contribution < 1.29 is 9.21 Å². The van der Waals surface area contributed by atoms with Crippen molar-refractivity contribution in [2.75, 3.05) is 0 Å². The molecule has 0 bridgehead atoms. The van der Waals surface area contributed by atoms with E-state index in [9.17, 15) is 4.79 Å². The molecule has 0 saturated heterocycles. The molecule has 0 aromatic carbocycles. The highest BCUT2D eigenvalue weighted by molar-refractivity contribution is 5.98. The second-order valence-corrected chi connectivity index (χ2v) is 4.59. The number of carbonyl (C=O) groups is 1. The Labute approximate surface area is 107 Å². The first-order valence-electron chi connectivity index (χ1n) is 6.25. The number of aromatic nitrogens is 2. The quantitative estimate of drug-likeness (QED) is 0.762. The maximum Gasteiger partial charge on any atom is 0.172 e. The summed E-state index contributed by atoms with van der Waals surface area (Å²) in [5.74, 6) is 0.817. The Hall–Kier alpha value is -1.84. The summed E-state index contributed by atoms with van der Waals surface area (Å²) in [5.41, 5.74) is 1.48. The first-order chi connectivity index (χ1) is 8.61. The minimum Gasteiger partial charge on any atom is -0.469 e. The average molecular weight is 246 g/mol. The molecule has 0 fully saturated rings. The molecule has 0 unspecified atom stereocenters. The van der Waals surface area contributed by atoms with Gasteiger partial charge in [-0.25, -0.2) is 0 Å². The minimum atomic E-state index is 0.0645. The summed E-state index contributed by atoms with van der Waals surface area (Å²) in [6, 6.07) is 3.94. The maximum atomic E-state index is 12.1. The van der Waals surface area contributed by atoms with Gasteiger partial charge in [0.25, 0.3) is 0 Å². The number of aryl methyl sites for hydroxylation is 1. The molecule has 96 valence electrons. The van der Waals surface area contributed by atoms with Gasteiger partial charge in [0.15, 0.2) is 5.78 Å². The van der Waals surface area contributed by atoms with Gasteiger partial charge in [-0.05, 0) is 26.0 Å². The highest BCUT2D eigenvalue weighted by Crippen LogP contribution is 2.14. The molecule has 0 amide bonds. The zero-order valence-corrected chi connectivity index (χ0v) is 11.0. The number of carbonyl (C=O) groups excluding carboxylic acids is 1. The Bertz CT molecular complexity index is 537. The summed E-state index contributed by atoms with van der Waals surface area (Å²) < 4.78 is 7.13. The lowest BCUT2D eigenvalue weighted by Crippen LogP contribution is -2.07. The minimum absolute atomic E-state index is 0.0645. The average Bonchev–Trinajstić information content (AvgIpc) is 2.96. The van der Waals surface area contributed by atoms with E-state index >= 15 is 0 Å². The lowest BCUT2D eigenvalue weighted by atomic mass is 10.1. The molecule has 0 spiro atoms. The number of rotatable bonds is 5. The lowest BCUT2D eigenvalue weighted by molar-refractivity contribution is 0.0990. The number of hydrogen-bond donors (Lipinski definition) is 0. The molecule has 4 nitrogen and oxygen atoms in total. The van der Waals surface area contributed by atoms with Crippen LogP contribution in [0.25, 0.3) is 0 Å². The monoisotopic (exact) mass is 246 g/mol. The van der Waals surface area contributed by atoms with Crippen LogP contribution in [-0.2, 0) is 12.8 Å². The normalized spacial score (nSPS) is 11.1. The molecule has 2 aromatic heterocycles. The van der Waals surface area contributed by atoms with E-state index in [0.717, 1.165) is 17.9 Å². The number of ketones is 1. The van der Waals surface area contributed by atoms with Gasteiger partial charge in [0.2, 0.25) is 0 Å². The number of Topliss-reactive ketones (excluding diaryl/α,β-unsaturated/α-hetero) is 1. The van der Waals surface area contributed by atoms with Crippen molar-refractivity contribution in [3.8, 4) is 0 Å². The zero-order valence-electron chi connectivity index (χ0n) is 11.0. The van der Waals surface area contributed by atoms with Crippen LogP contribution in [-0.4, -0.2) is 15.6 Å². The summed E-state index contributed by atoms with van der Waals surface area (Å²) in [4.78, 5) is 12.1. The van der Waals surface area contributed by atoms with Crippen molar-refractivity contribution in [1.82, 2.24) is 9.78 Å². The number of nitrogens with zero attached hydrogens (tertiary/aromatic N) is 2. The summed E-state index contributed by atoms with van der Waals surface area (Å²) in [7, 11) is 0. The van der Waals surface area contributed by atoms with E-state index in [2.05, 4.69) is 18.9 Å². The van der Waals surface area contributed by atoms with Gasteiger partial charge in [0, 0.05) is 18.7 Å². The summed E-state index contributed by atoms with van der Waals surface area (Å²) in [6.45, 7) is 6.09. The highest BCUT2D eigenvalue weighted by atomic mass is 16.3. The molecule has 0 aliphatic heterocycles. The largest absolute Gasteiger partial charge is 0.469 e. The van der Waals surface area contributed by atoms with E-state index in [0.29, 0.717) is 18.0 Å². The van der Waals surface area contributed by atoms with Gasteiger partial charge < -0.3 is 4.42 Å². The first kappa shape index (κ1) is 12.6. The Morgan fingerprint density at radius 2 is 2.22 bits per heavy atom. The standard InChI is InChI=1S/C14H18N2O2/c1-4-14-12(6-8-18-14)13(17)9-11-5-7-16(15-11)10(2)3/h5-8,10H,4,9H2,1-3H3. The molecule has 18 heavy (non-hydrogen) atoms. The third-order valence-corrected chi connectivity index (χ3v) is 2.90. The fourth-order valence-electron chi connectivity index (χ4n) is 1.88. The van der Waals surface area contributed by atoms with Crippen molar-refractivity contribution in [3.05, 3.63) is 41.6 Å². The van der Waals surface area contributed by atoms with E-state index in [1.54, 1.807) is 12.3 Å². The molecule has 0 N–H and O–H groups in total. The van der Waals surface area contributed by atoms with Gasteiger partial charge in [-0.15, -0.1) is 0 Å². The summed E-state index contributed by atoms with van der Waals surface area (Å²) in [6.07, 6.45) is 4.53. The number of furan rings is 1. The zero-order chi connectivity index (χ0) is 13.1. The van der Waals surface area contributed by atoms with Crippen molar-refractivity contribution in [1.29, 1.82) is 0 Å². The molecule has 4 heteroatoms. The van der Waals surface area contributed by atoms with E-state index < -0.39 is 0 Å². The van der Waals surface area contributed by atoms with E-state index in [1.807, 2.05) is 23.9 Å². The molecular formula is C14H18N2O2. The topological polar surface area (TPSA) is 48.0 Å². The van der Waals surface area contributed by atoms with Crippen molar-refractivity contribution in [2.45, 2.75) is 39.7 Å². The fourth-order valence-corrected chi connectivity index (χ4v) is 1.88. The van der Waals surface area contributed by atoms with Gasteiger partial charge in [0.1, 0.15) is 5.76 Å². The fraction of sp³-hybridized carbons (Fsp3) is 0.429. The summed E-state index contributed by atoms with van der Waals surface area (Å²) in [5, 5.41) is 4.38. The van der Waals surface area contributed by atoms with Gasteiger partial charge >= 0.3 is 0 Å². The predicted octanol–water partition coefficient (Wildman–Crippen LogP) is 3.04. The molecule has 0 aliphatic rings. The van der Waals surface area contributed by atoms with Crippen LogP contribution in [0.3, 0.4) is 0 Å². The van der Waals surface area contributed by atoms with Crippen LogP contribution in [0.15, 0.2) is 29.0 Å². The molecular weight excluding hydrogens is 228 g/mol. The molecule has 0 atom stereocenters. The van der Waals surface area contributed by atoms with Gasteiger partial charge in [-0.1, -0.05) is 6.92 Å². The second-order valence-electron chi connectivity index (χ2n) is 4.59. The van der Waals surface area contributed by atoms with Crippen LogP contribution in [0.2, 0.25) is 0 Å². The Morgan fingerprint density at radius 1 is 1.44 bits per heavy atom. The van der Waals surface area contributed by atoms with Crippen LogP contribution in [0, 0.1) is 0 Å². The molecule has 0 saturated carbocycles. The van der Waals surface area contributed by atoms with Gasteiger partial charge in [-0.3, -0.25) is 9.48 Å². The molecule has 0 aliphatic carbocycles. The van der Waals surface area contributed by atoms with Crippen molar-refractivity contribution >= 4 is 5.78 Å². The predicted molar refractivity (Wildman–Crippen MR) is 68.7 cm³/mol. The van der Waals surface area contributed by atoms with Gasteiger partial charge in [0.05, 0.1) is 23.9 Å². The second kappa shape index (κ2) is 5.21. The lowest BCUT2D eigenvalue weighted by Gasteiger charge is -2.03. The van der Waals surface area contributed by atoms with Crippen LogP contribution < -0.4 is 0 Å². The SMILES string of the molecule is CCc1occc1C(=O)Cc1ccn(C(C)C)n1. The Morgan fingerprint density at radius 3 is 2.83 bits per heavy atom. The van der Waals surface area contributed by atoms with E-state index in [4.69, 9.17) is 4.42 Å². The van der Waals surface area contributed by atoms with Crippen LogP contribution >= 0.6 is 0 Å². The molecule has 2 aromatic rings. The van der Waals surface area contributed by atoms with Crippen LogP contribution in [0.5, 0.6) is 0 Å². The third kappa shape index (κ3) is 2.53. The molecule has 2 heterocycles. The van der Waals surface area contributed by atoms with Crippen LogP contribution in [0.4, 0.5) is 0 Å². The smallest absolute Gasteiger partial charge is 0.172 e. The van der Waals surface area contributed by atoms with E-state index in [-0.39, 0.29) is 5.78 Å². The van der Waals surface area contributed by atoms with Gasteiger partial charge in [-0.2, -0.15) is 5.10 Å². The Balaban J connectivity index is 2.11. The highest BCUT2D eigenvalue weighted by Gasteiger charge is 2.15. The molecule has 2 rings (SSSR count). The molecule has 0 radical (unpaired) electrons. The van der Waals surface area contributed by atoms with Crippen LogP contribution in [0.1, 0.15) is 48.6 Å². The maximum absolute atomic E-state index is 12.1. The van der Waals surface area contributed by atoms with E-state index in [1.165, 1.54) is 0 Å². The number of hydrogen-bond acceptors (Lipinski definition) is 3. The first-order valence-corrected chi connectivity index (χ1v) is 6.25. The van der Waals surface area contributed by atoms with Crippen molar-refractivity contribution in [3.63, 3.8) is 0 Å². The Kier molecular flexibility index (Phi) is 3.65. The third-order valence-electron chi connectivity index (χ3n) is 2.90. The summed E-state index contributed by atoms with van der Waals surface area (Å²) >= 11 is 0. The van der Waals surface area contributed by atoms with Crippen molar-refractivity contribution in [2.24, 2.45) is 0 Å².